The average molecular weight is 338 g/mol. The van der Waals surface area contributed by atoms with Crippen molar-refractivity contribution in [3.05, 3.63) is 51.8 Å². The average Bonchev–Trinajstić information content (AvgIpc) is 2.64. The molecule has 0 saturated carbocycles. The number of rotatable bonds is 4. The third-order valence-corrected chi connectivity index (χ3v) is 3.97. The number of aromatic nitrogens is 1. The zero-order chi connectivity index (χ0) is 18.8. The van der Waals surface area contributed by atoms with E-state index in [1.807, 2.05) is 4.98 Å². The number of hydrogen-bond donors (Lipinski definition) is 2. The Morgan fingerprint density at radius 2 is 1.52 bits per heavy atom. The number of nitrogens with one attached hydrogen (secondary N) is 2. The monoisotopic (exact) mass is 338 g/mol. The highest BCUT2D eigenvalue weighted by atomic mass is 16.3. The molecule has 0 radical (unpaired) electrons. The van der Waals surface area contributed by atoms with Crippen molar-refractivity contribution in [1.82, 2.24) is 4.98 Å². The summed E-state index contributed by atoms with van der Waals surface area (Å²) in [7, 11) is 0. The number of H-pyrrole nitrogens is 1. The first-order valence-corrected chi connectivity index (χ1v) is 8.20. The number of pyridine rings is 1. The number of nitriles is 2. The molecule has 1 heterocycles. The normalized spacial score (nSPS) is 9.68. The summed E-state index contributed by atoms with van der Waals surface area (Å²) in [5.41, 5.74) is -0.641. The number of aromatic amines is 1. The van der Waals surface area contributed by atoms with Gasteiger partial charge in [-0.05, 0) is 32.2 Å². The molecule has 0 spiro atoms. The molecule has 0 amide bonds. The van der Waals surface area contributed by atoms with Crippen LogP contribution in [0.15, 0.2) is 35.1 Å². The smallest absolute Gasteiger partial charge is 0.266 e. The lowest BCUT2D eigenvalue weighted by Crippen LogP contribution is -3.11. The van der Waals surface area contributed by atoms with E-state index >= 15 is 0 Å². The molecule has 0 aliphatic rings. The minimum atomic E-state index is -0.777. The van der Waals surface area contributed by atoms with Crippen LogP contribution >= 0.6 is 0 Å². The van der Waals surface area contributed by atoms with Crippen LogP contribution in [0.5, 0.6) is 5.88 Å². The van der Waals surface area contributed by atoms with Crippen LogP contribution in [-0.4, -0.2) is 24.6 Å². The molecule has 1 aromatic heterocycles. The number of nitrogens with zero attached hydrogens (tertiary/aromatic N) is 2. The van der Waals surface area contributed by atoms with Crippen molar-refractivity contribution in [3.63, 3.8) is 0 Å². The maximum absolute atomic E-state index is 11.5. The first-order valence-electron chi connectivity index (χ1n) is 8.20. The largest absolute Gasteiger partial charge is 0.859 e. The third kappa shape index (κ3) is 4.94. The molecule has 2 N–H and O–H groups in total. The van der Waals surface area contributed by atoms with Gasteiger partial charge in [0.1, 0.15) is 17.7 Å². The summed E-state index contributed by atoms with van der Waals surface area (Å²) < 4.78 is 0. The van der Waals surface area contributed by atoms with Crippen LogP contribution in [-0.2, 0) is 0 Å². The predicted molar refractivity (Wildman–Crippen MR) is 94.0 cm³/mol. The summed E-state index contributed by atoms with van der Waals surface area (Å²) in [6, 6.07) is 11.9. The Kier molecular flexibility index (Phi) is 7.92. The van der Waals surface area contributed by atoms with Gasteiger partial charge in [0.25, 0.3) is 5.56 Å². The van der Waals surface area contributed by atoms with E-state index in [4.69, 9.17) is 10.5 Å². The fourth-order valence-corrected chi connectivity index (χ4v) is 2.44. The Labute approximate surface area is 147 Å². The van der Waals surface area contributed by atoms with E-state index in [1.165, 1.54) is 19.6 Å². The fraction of sp³-hybridized carbons (Fsp3) is 0.316. The van der Waals surface area contributed by atoms with Gasteiger partial charge < -0.3 is 15.0 Å². The highest BCUT2D eigenvalue weighted by molar-refractivity contribution is 5.77. The third-order valence-electron chi connectivity index (χ3n) is 3.97. The van der Waals surface area contributed by atoms with Gasteiger partial charge >= 0.3 is 0 Å². The lowest BCUT2D eigenvalue weighted by Gasteiger charge is -2.13. The quantitative estimate of drug-likeness (QED) is 0.859. The Morgan fingerprint density at radius 3 is 1.92 bits per heavy atom. The van der Waals surface area contributed by atoms with Gasteiger partial charge in [0, 0.05) is 5.56 Å². The number of benzene rings is 1. The SMILES string of the molecule is CC[NH+](CC)CC.N#Cc1c([O-])[nH]c(=O)c(C#N)c1-c1ccccc1. The van der Waals surface area contributed by atoms with Gasteiger partial charge in [-0.15, -0.1) is 0 Å². The van der Waals surface area contributed by atoms with Crippen molar-refractivity contribution >= 4 is 0 Å². The van der Waals surface area contributed by atoms with Gasteiger partial charge in [0.15, 0.2) is 0 Å². The molecule has 130 valence electrons. The molecule has 0 unspecified atom stereocenters. The van der Waals surface area contributed by atoms with E-state index in [1.54, 1.807) is 47.4 Å². The maximum Gasteiger partial charge on any atom is 0.266 e. The second-order valence-electron chi connectivity index (χ2n) is 5.31. The summed E-state index contributed by atoms with van der Waals surface area (Å²) in [4.78, 5) is 15.2. The molecule has 0 bridgehead atoms. The lowest BCUT2D eigenvalue weighted by atomic mass is 9.97. The minimum absolute atomic E-state index is 0.0920. The first kappa shape index (κ1) is 20.0. The lowest BCUT2D eigenvalue weighted by molar-refractivity contribution is -0.894. The Morgan fingerprint density at radius 1 is 1.00 bits per heavy atom. The molecular formula is C19H22N4O2. The summed E-state index contributed by atoms with van der Waals surface area (Å²) in [6.07, 6.45) is 0. The van der Waals surface area contributed by atoms with Crippen molar-refractivity contribution in [2.45, 2.75) is 20.8 Å². The molecule has 0 atom stereocenters. The molecule has 0 saturated heterocycles. The van der Waals surface area contributed by atoms with E-state index in [9.17, 15) is 9.90 Å². The van der Waals surface area contributed by atoms with Gasteiger partial charge in [-0.25, -0.2) is 0 Å². The van der Waals surface area contributed by atoms with Gasteiger partial charge in [0.2, 0.25) is 0 Å². The Bertz CT molecular complexity index is 820. The van der Waals surface area contributed by atoms with Gasteiger partial charge in [-0.2, -0.15) is 10.5 Å². The number of hydrogen-bond acceptors (Lipinski definition) is 4. The molecule has 2 rings (SSSR count). The van der Waals surface area contributed by atoms with Crippen molar-refractivity contribution in [3.8, 4) is 29.1 Å². The molecular weight excluding hydrogens is 316 g/mol. The molecule has 6 nitrogen and oxygen atoms in total. The summed E-state index contributed by atoms with van der Waals surface area (Å²) in [6.45, 7) is 10.5. The molecule has 0 aliphatic carbocycles. The highest BCUT2D eigenvalue weighted by Crippen LogP contribution is 2.27. The first-order chi connectivity index (χ1) is 12.0. The highest BCUT2D eigenvalue weighted by Gasteiger charge is 2.15. The summed E-state index contributed by atoms with van der Waals surface area (Å²) >= 11 is 0. The van der Waals surface area contributed by atoms with E-state index in [0.29, 0.717) is 5.56 Å². The molecule has 2 aromatic rings. The fourth-order valence-electron chi connectivity index (χ4n) is 2.44. The second-order valence-corrected chi connectivity index (χ2v) is 5.31. The molecule has 1 aromatic carbocycles. The van der Waals surface area contributed by atoms with Crippen LogP contribution in [0.1, 0.15) is 31.9 Å². The van der Waals surface area contributed by atoms with Crippen molar-refractivity contribution in [2.75, 3.05) is 19.6 Å². The molecule has 25 heavy (non-hydrogen) atoms. The van der Waals surface area contributed by atoms with Crippen molar-refractivity contribution in [2.24, 2.45) is 0 Å². The van der Waals surface area contributed by atoms with Gasteiger partial charge in [-0.3, -0.25) is 4.79 Å². The maximum atomic E-state index is 11.5. The molecule has 0 aliphatic heterocycles. The van der Waals surface area contributed by atoms with Crippen LogP contribution < -0.4 is 15.6 Å². The summed E-state index contributed by atoms with van der Waals surface area (Å²) in [5, 5.41) is 29.5. The van der Waals surface area contributed by atoms with Crippen LogP contribution in [0.25, 0.3) is 11.1 Å². The second kappa shape index (κ2) is 9.92. The zero-order valence-corrected chi connectivity index (χ0v) is 14.7. The van der Waals surface area contributed by atoms with Crippen LogP contribution in [0.3, 0.4) is 0 Å². The predicted octanol–water partition coefficient (Wildman–Crippen LogP) is 0.790. The number of quaternary nitrogens is 1. The molecule has 6 heteroatoms. The van der Waals surface area contributed by atoms with Crippen molar-refractivity contribution in [1.29, 1.82) is 10.5 Å². The zero-order valence-electron chi connectivity index (χ0n) is 14.7. The van der Waals surface area contributed by atoms with E-state index in [2.05, 4.69) is 20.8 Å². The van der Waals surface area contributed by atoms with Crippen LogP contribution in [0.2, 0.25) is 0 Å². The van der Waals surface area contributed by atoms with E-state index < -0.39 is 11.4 Å². The summed E-state index contributed by atoms with van der Waals surface area (Å²) in [5.74, 6) is -0.777. The Hall–Kier alpha value is -3.09. The van der Waals surface area contributed by atoms with Gasteiger partial charge in [-0.1, -0.05) is 30.3 Å². The Balaban J connectivity index is 0.000000381. The standard InChI is InChI=1S/C13H7N3O2.C6H15N/c14-6-9-11(8-4-2-1-3-5-8)10(7-15)13(18)16-12(9)17;1-4-7(5-2)6-3/h1-5H,(H2,16,17,18);4-6H2,1-3H3. The van der Waals surface area contributed by atoms with Crippen LogP contribution in [0.4, 0.5) is 0 Å². The topological polar surface area (TPSA) is 108 Å². The van der Waals surface area contributed by atoms with Gasteiger partial charge in [0.05, 0.1) is 25.2 Å². The van der Waals surface area contributed by atoms with E-state index in [-0.39, 0.29) is 16.7 Å². The minimum Gasteiger partial charge on any atom is -0.859 e. The van der Waals surface area contributed by atoms with Crippen LogP contribution in [0, 0.1) is 22.7 Å². The van der Waals surface area contributed by atoms with E-state index in [0.717, 1.165) is 0 Å². The molecule has 0 fully saturated rings. The van der Waals surface area contributed by atoms with Crippen molar-refractivity contribution < 1.29 is 10.0 Å².